The third kappa shape index (κ3) is 2.49. The second-order valence-electron chi connectivity index (χ2n) is 3.78. The molecule has 1 aromatic carbocycles. The van der Waals surface area contributed by atoms with Gasteiger partial charge in [0.05, 0.1) is 0 Å². The van der Waals surface area contributed by atoms with Gasteiger partial charge in [0.2, 0.25) is 0 Å². The number of hydrogen-bond acceptors (Lipinski definition) is 3. The minimum atomic E-state index is -0.433. The Bertz CT molecular complexity index is 406. The van der Waals surface area contributed by atoms with Gasteiger partial charge in [0.15, 0.2) is 6.10 Å². The van der Waals surface area contributed by atoms with E-state index in [4.69, 9.17) is 9.47 Å². The van der Waals surface area contributed by atoms with Crippen LogP contribution in [-0.4, -0.2) is 18.2 Å². The van der Waals surface area contributed by atoms with E-state index < -0.39 is 6.10 Å². The van der Waals surface area contributed by atoms with Crippen LogP contribution in [0.4, 0.5) is 0 Å². The first-order valence-corrected chi connectivity index (χ1v) is 5.27. The van der Waals surface area contributed by atoms with Crippen molar-refractivity contribution in [1.82, 2.24) is 0 Å². The Morgan fingerprint density at radius 1 is 1.38 bits per heavy atom. The van der Waals surface area contributed by atoms with Gasteiger partial charge in [-0.2, -0.15) is 0 Å². The van der Waals surface area contributed by atoms with E-state index in [2.05, 4.69) is 0 Å². The molecule has 1 fully saturated rings. The average molecular weight is 218 g/mol. The summed E-state index contributed by atoms with van der Waals surface area (Å²) >= 11 is 0. The van der Waals surface area contributed by atoms with Gasteiger partial charge in [0, 0.05) is 0 Å². The lowest BCUT2D eigenvalue weighted by Gasteiger charge is -2.01. The van der Waals surface area contributed by atoms with Crippen molar-refractivity contribution in [1.29, 1.82) is 0 Å². The normalized spacial score (nSPS) is 23.4. The number of carbonyl (C=O) groups is 1. The molecule has 1 saturated heterocycles. The molecule has 3 nitrogen and oxygen atoms in total. The first kappa shape index (κ1) is 10.9. The fourth-order valence-corrected chi connectivity index (χ4v) is 1.43. The minimum Gasteiger partial charge on any atom is -0.425 e. The van der Waals surface area contributed by atoms with Crippen molar-refractivity contribution in [2.45, 2.75) is 26.1 Å². The zero-order valence-electron chi connectivity index (χ0n) is 9.34. The van der Waals surface area contributed by atoms with Crippen LogP contribution in [0.15, 0.2) is 36.4 Å². The van der Waals surface area contributed by atoms with Crippen molar-refractivity contribution in [3.63, 3.8) is 0 Å². The van der Waals surface area contributed by atoms with E-state index in [9.17, 15) is 4.79 Å². The van der Waals surface area contributed by atoms with Gasteiger partial charge >= 0.3 is 5.97 Å². The van der Waals surface area contributed by atoms with Crippen LogP contribution in [0.3, 0.4) is 0 Å². The van der Waals surface area contributed by atoms with Crippen LogP contribution >= 0.6 is 0 Å². The number of allylic oxidation sites excluding steroid dienone is 1. The highest BCUT2D eigenvalue weighted by Gasteiger charge is 2.44. The van der Waals surface area contributed by atoms with Crippen LogP contribution in [0.1, 0.15) is 12.5 Å². The molecule has 0 N–H and O–H groups in total. The molecule has 0 amide bonds. The molecule has 16 heavy (non-hydrogen) atoms. The molecule has 3 heteroatoms. The molecule has 1 aliphatic heterocycles. The van der Waals surface area contributed by atoms with Gasteiger partial charge in [-0.25, -0.2) is 4.79 Å². The molecule has 1 heterocycles. The molecule has 1 aliphatic rings. The standard InChI is InChI=1S/C13H14O3/c1-3-4-11-12(16-11)13(14)15-10-7-5-9(2)6-8-10/h3-8,11-12H,1-2H3/b4-3+/t11-,12-/m0/s1. The number of esters is 1. The highest BCUT2D eigenvalue weighted by atomic mass is 16.6. The fraction of sp³-hybridized carbons (Fsp3) is 0.308. The second kappa shape index (κ2) is 4.49. The van der Waals surface area contributed by atoms with Crippen molar-refractivity contribution < 1.29 is 14.3 Å². The van der Waals surface area contributed by atoms with Crippen molar-refractivity contribution in [3.05, 3.63) is 42.0 Å². The molecule has 2 rings (SSSR count). The summed E-state index contributed by atoms with van der Waals surface area (Å²) < 4.78 is 10.3. The highest BCUT2D eigenvalue weighted by molar-refractivity contribution is 5.80. The van der Waals surface area contributed by atoms with Crippen LogP contribution in [0.5, 0.6) is 5.75 Å². The maximum absolute atomic E-state index is 11.6. The summed E-state index contributed by atoms with van der Waals surface area (Å²) in [6, 6.07) is 7.36. The van der Waals surface area contributed by atoms with E-state index in [1.165, 1.54) is 0 Å². The molecule has 0 spiro atoms. The van der Waals surface area contributed by atoms with Crippen molar-refractivity contribution in [2.24, 2.45) is 0 Å². The highest BCUT2D eigenvalue weighted by Crippen LogP contribution is 2.25. The molecular formula is C13H14O3. The Kier molecular flexibility index (Phi) is 3.06. The number of carbonyl (C=O) groups excluding carboxylic acids is 1. The van der Waals surface area contributed by atoms with Gasteiger partial charge in [-0.1, -0.05) is 29.8 Å². The third-order valence-corrected chi connectivity index (χ3v) is 2.38. The number of epoxide rings is 1. The Morgan fingerprint density at radius 2 is 2.06 bits per heavy atom. The van der Waals surface area contributed by atoms with E-state index >= 15 is 0 Å². The number of hydrogen-bond donors (Lipinski definition) is 0. The number of ether oxygens (including phenoxy) is 2. The summed E-state index contributed by atoms with van der Waals surface area (Å²) in [6.07, 6.45) is 3.17. The summed E-state index contributed by atoms with van der Waals surface area (Å²) in [5, 5.41) is 0. The largest absolute Gasteiger partial charge is 0.425 e. The monoisotopic (exact) mass is 218 g/mol. The summed E-state index contributed by atoms with van der Waals surface area (Å²) in [7, 11) is 0. The maximum Gasteiger partial charge on any atom is 0.343 e. The lowest BCUT2D eigenvalue weighted by atomic mass is 10.2. The maximum atomic E-state index is 11.6. The van der Waals surface area contributed by atoms with Gasteiger partial charge in [-0.15, -0.1) is 0 Å². The van der Waals surface area contributed by atoms with Gasteiger partial charge < -0.3 is 9.47 Å². The van der Waals surface area contributed by atoms with Crippen LogP contribution in [0, 0.1) is 6.92 Å². The first-order chi connectivity index (χ1) is 7.70. The van der Waals surface area contributed by atoms with Gasteiger partial charge in [0.1, 0.15) is 11.9 Å². The van der Waals surface area contributed by atoms with Gasteiger partial charge in [0.25, 0.3) is 0 Å². The number of rotatable bonds is 3. The summed E-state index contributed by atoms with van der Waals surface area (Å²) in [5.74, 6) is 0.234. The van der Waals surface area contributed by atoms with Gasteiger partial charge in [-0.3, -0.25) is 0 Å². The molecule has 0 unspecified atom stereocenters. The lowest BCUT2D eigenvalue weighted by Crippen LogP contribution is -2.16. The van der Waals surface area contributed by atoms with E-state index in [0.29, 0.717) is 5.75 Å². The zero-order valence-corrected chi connectivity index (χ0v) is 9.34. The van der Waals surface area contributed by atoms with Crippen molar-refractivity contribution >= 4 is 5.97 Å². The van der Waals surface area contributed by atoms with Crippen LogP contribution in [0.25, 0.3) is 0 Å². The Labute approximate surface area is 94.7 Å². The molecule has 0 radical (unpaired) electrons. The predicted octanol–water partition coefficient (Wildman–Crippen LogP) is 2.24. The van der Waals surface area contributed by atoms with E-state index in [-0.39, 0.29) is 12.1 Å². The summed E-state index contributed by atoms with van der Waals surface area (Å²) in [4.78, 5) is 11.6. The SMILES string of the molecule is C/C=C/[C@@H]1O[C@@H]1C(=O)Oc1ccc(C)cc1. The van der Waals surface area contributed by atoms with Crippen LogP contribution < -0.4 is 4.74 Å². The quantitative estimate of drug-likeness (QED) is 0.338. The third-order valence-electron chi connectivity index (χ3n) is 2.38. The summed E-state index contributed by atoms with van der Waals surface area (Å²) in [5.41, 5.74) is 1.13. The fourth-order valence-electron chi connectivity index (χ4n) is 1.43. The Balaban J connectivity index is 1.91. The average Bonchev–Trinajstić information content (AvgIpc) is 3.01. The van der Waals surface area contributed by atoms with Crippen LogP contribution in [0.2, 0.25) is 0 Å². The predicted molar refractivity (Wildman–Crippen MR) is 60.3 cm³/mol. The molecule has 0 aliphatic carbocycles. The lowest BCUT2D eigenvalue weighted by molar-refractivity contribution is -0.135. The van der Waals surface area contributed by atoms with E-state index in [1.54, 1.807) is 12.1 Å². The molecule has 0 bridgehead atoms. The first-order valence-electron chi connectivity index (χ1n) is 5.27. The smallest absolute Gasteiger partial charge is 0.343 e. The number of aryl methyl sites for hydroxylation is 1. The number of benzene rings is 1. The second-order valence-corrected chi connectivity index (χ2v) is 3.78. The minimum absolute atomic E-state index is 0.108. The van der Waals surface area contributed by atoms with E-state index in [1.807, 2.05) is 38.1 Å². The van der Waals surface area contributed by atoms with Crippen molar-refractivity contribution in [2.75, 3.05) is 0 Å². The molecule has 84 valence electrons. The molecule has 2 atom stereocenters. The molecule has 1 aromatic rings. The van der Waals surface area contributed by atoms with Gasteiger partial charge in [-0.05, 0) is 26.0 Å². The Hall–Kier alpha value is -1.61. The summed E-state index contributed by atoms with van der Waals surface area (Å²) in [6.45, 7) is 3.88. The molecule has 0 aromatic heterocycles. The van der Waals surface area contributed by atoms with Crippen molar-refractivity contribution in [3.8, 4) is 5.75 Å². The topological polar surface area (TPSA) is 38.8 Å². The Morgan fingerprint density at radius 3 is 2.69 bits per heavy atom. The van der Waals surface area contributed by atoms with Crippen LogP contribution in [-0.2, 0) is 9.53 Å². The molecule has 0 saturated carbocycles. The zero-order chi connectivity index (χ0) is 11.5. The van der Waals surface area contributed by atoms with E-state index in [0.717, 1.165) is 5.56 Å². The molecular weight excluding hydrogens is 204 g/mol.